The normalized spacial score (nSPS) is 13.4. The summed E-state index contributed by atoms with van der Waals surface area (Å²) in [4.78, 5) is 16.9. The number of carbonyl (C=O) groups is 1. The van der Waals surface area contributed by atoms with Crippen LogP contribution in [0.25, 0.3) is 0 Å². The van der Waals surface area contributed by atoms with Gasteiger partial charge in [-0.25, -0.2) is 4.98 Å². The van der Waals surface area contributed by atoms with Crippen LogP contribution in [0.5, 0.6) is 5.75 Å². The van der Waals surface area contributed by atoms with Crippen molar-refractivity contribution < 1.29 is 9.53 Å². The lowest BCUT2D eigenvalue weighted by molar-refractivity contribution is -0.115. The lowest BCUT2D eigenvalue weighted by Crippen LogP contribution is -2.23. The Balaban J connectivity index is 1.77. The maximum absolute atomic E-state index is 12.6. The number of hydrogen-bond acceptors (Lipinski definition) is 7. The first-order chi connectivity index (χ1) is 15.2. The third kappa shape index (κ3) is 5.69. The number of thioether (sulfide) groups is 1. The minimum Gasteiger partial charge on any atom is -0.482 e. The summed E-state index contributed by atoms with van der Waals surface area (Å²) in [6.45, 7) is 14.2. The molecule has 9 heteroatoms. The molecule has 0 aliphatic heterocycles. The minimum atomic E-state index is -0.355. The Kier molecular flexibility index (Phi) is 7.95. The fourth-order valence-electron chi connectivity index (χ4n) is 3.27. The molecule has 1 N–H and O–H groups in total. The van der Waals surface area contributed by atoms with Gasteiger partial charge in [0.25, 0.3) is 0 Å². The number of thiazole rings is 1. The minimum absolute atomic E-state index is 0.112. The molecule has 0 spiro atoms. The van der Waals surface area contributed by atoms with Crippen molar-refractivity contribution in [3.63, 3.8) is 0 Å². The smallest absolute Gasteiger partial charge is 0.239 e. The van der Waals surface area contributed by atoms with Crippen molar-refractivity contribution in [2.45, 2.75) is 76.9 Å². The Labute approximate surface area is 198 Å². The van der Waals surface area contributed by atoms with Crippen molar-refractivity contribution in [2.24, 2.45) is 0 Å². The molecule has 2 unspecified atom stereocenters. The Morgan fingerprint density at radius 1 is 1.12 bits per heavy atom. The Morgan fingerprint density at radius 3 is 2.47 bits per heavy atom. The number of aromatic nitrogens is 4. The van der Waals surface area contributed by atoms with Gasteiger partial charge in [0, 0.05) is 11.4 Å². The molecule has 3 rings (SSSR count). The molecule has 0 saturated heterocycles. The first-order valence-corrected chi connectivity index (χ1v) is 12.5. The van der Waals surface area contributed by atoms with E-state index in [4.69, 9.17) is 4.74 Å². The summed E-state index contributed by atoms with van der Waals surface area (Å²) in [6, 6.07) is 8.20. The van der Waals surface area contributed by atoms with E-state index >= 15 is 0 Å². The highest BCUT2D eigenvalue weighted by molar-refractivity contribution is 8.00. The summed E-state index contributed by atoms with van der Waals surface area (Å²) in [5.41, 5.74) is 2.05. The van der Waals surface area contributed by atoms with E-state index in [1.54, 1.807) is 0 Å². The van der Waals surface area contributed by atoms with Crippen LogP contribution >= 0.6 is 23.1 Å². The number of ether oxygens (including phenoxy) is 1. The van der Waals surface area contributed by atoms with Gasteiger partial charge in [-0.15, -0.1) is 21.5 Å². The van der Waals surface area contributed by atoms with E-state index in [0.717, 1.165) is 22.8 Å². The number of amides is 1. The molecule has 1 amide bonds. The van der Waals surface area contributed by atoms with Gasteiger partial charge in [0.05, 0.1) is 10.9 Å². The third-order valence-electron chi connectivity index (χ3n) is 4.92. The van der Waals surface area contributed by atoms with E-state index in [2.05, 4.69) is 54.3 Å². The zero-order chi connectivity index (χ0) is 23.4. The standard InChI is InChI=1S/C23H31N5O2S2/c1-13(2)18-10-8-9-11-19(18)30-16(6)20-26-27-23(28(20)14(3)4)32-17(7)21(29)25-22-24-15(5)12-31-22/h8-14,16-17H,1-7H3,(H,24,25,29). The van der Waals surface area contributed by atoms with Gasteiger partial charge < -0.3 is 14.6 Å². The monoisotopic (exact) mass is 473 g/mol. The lowest BCUT2D eigenvalue weighted by Gasteiger charge is -2.21. The Bertz CT molecular complexity index is 1060. The van der Waals surface area contributed by atoms with Crippen molar-refractivity contribution in [1.82, 2.24) is 19.7 Å². The van der Waals surface area contributed by atoms with E-state index < -0.39 is 0 Å². The predicted octanol–water partition coefficient (Wildman–Crippen LogP) is 6.01. The molecule has 3 aromatic rings. The number of hydrogen-bond donors (Lipinski definition) is 1. The number of nitrogens with one attached hydrogen (secondary N) is 1. The molecule has 0 saturated carbocycles. The first kappa shape index (κ1) is 24.3. The molecule has 7 nitrogen and oxygen atoms in total. The molecule has 0 aliphatic carbocycles. The Morgan fingerprint density at radius 2 is 1.84 bits per heavy atom. The maximum Gasteiger partial charge on any atom is 0.239 e. The molecule has 0 radical (unpaired) electrons. The van der Waals surface area contributed by atoms with E-state index in [-0.39, 0.29) is 23.3 Å². The van der Waals surface area contributed by atoms with Crippen LogP contribution in [-0.4, -0.2) is 30.9 Å². The SMILES string of the molecule is Cc1csc(NC(=O)C(C)Sc2nnc(C(C)Oc3ccccc3C(C)C)n2C(C)C)n1. The van der Waals surface area contributed by atoms with Gasteiger partial charge >= 0.3 is 0 Å². The molecule has 0 bridgehead atoms. The van der Waals surface area contributed by atoms with E-state index in [0.29, 0.717) is 16.2 Å². The Hall–Kier alpha value is -2.39. The molecule has 2 heterocycles. The van der Waals surface area contributed by atoms with Gasteiger partial charge in [0.2, 0.25) is 5.91 Å². The van der Waals surface area contributed by atoms with Crippen LogP contribution in [0.15, 0.2) is 34.8 Å². The molecule has 0 aliphatic rings. The van der Waals surface area contributed by atoms with E-state index in [1.165, 1.54) is 23.1 Å². The van der Waals surface area contributed by atoms with Gasteiger partial charge in [-0.1, -0.05) is 43.8 Å². The number of para-hydroxylation sites is 1. The number of aryl methyl sites for hydroxylation is 1. The largest absolute Gasteiger partial charge is 0.482 e. The highest BCUT2D eigenvalue weighted by Gasteiger charge is 2.25. The maximum atomic E-state index is 12.6. The molecule has 172 valence electrons. The van der Waals surface area contributed by atoms with Gasteiger partial charge in [0.1, 0.15) is 5.75 Å². The summed E-state index contributed by atoms with van der Waals surface area (Å²) in [6.07, 6.45) is -0.290. The van der Waals surface area contributed by atoms with Crippen molar-refractivity contribution in [1.29, 1.82) is 0 Å². The van der Waals surface area contributed by atoms with Crippen LogP contribution in [0.1, 0.15) is 76.7 Å². The van der Waals surface area contributed by atoms with Crippen LogP contribution in [0.4, 0.5) is 5.13 Å². The average molecular weight is 474 g/mol. The zero-order valence-electron chi connectivity index (χ0n) is 19.6. The lowest BCUT2D eigenvalue weighted by atomic mass is 10.0. The summed E-state index contributed by atoms with van der Waals surface area (Å²) >= 11 is 2.80. The zero-order valence-corrected chi connectivity index (χ0v) is 21.3. The summed E-state index contributed by atoms with van der Waals surface area (Å²) in [7, 11) is 0. The third-order valence-corrected chi connectivity index (χ3v) is 6.85. The first-order valence-electron chi connectivity index (χ1n) is 10.8. The predicted molar refractivity (Wildman–Crippen MR) is 131 cm³/mol. The van der Waals surface area contributed by atoms with Crippen LogP contribution in [-0.2, 0) is 4.79 Å². The van der Waals surface area contributed by atoms with Gasteiger partial charge in [0.15, 0.2) is 22.2 Å². The van der Waals surface area contributed by atoms with Crippen LogP contribution < -0.4 is 10.1 Å². The van der Waals surface area contributed by atoms with Crippen molar-refractivity contribution >= 4 is 34.1 Å². The topological polar surface area (TPSA) is 81.9 Å². The average Bonchev–Trinajstić information content (AvgIpc) is 3.34. The van der Waals surface area contributed by atoms with Crippen molar-refractivity contribution in [3.05, 3.63) is 46.7 Å². The highest BCUT2D eigenvalue weighted by Crippen LogP contribution is 2.33. The molecule has 32 heavy (non-hydrogen) atoms. The fourth-order valence-corrected chi connectivity index (χ4v) is 4.95. The second-order valence-corrected chi connectivity index (χ2v) is 10.5. The van der Waals surface area contributed by atoms with Gasteiger partial charge in [-0.2, -0.15) is 0 Å². The number of anilines is 1. The number of nitrogens with zero attached hydrogens (tertiary/aromatic N) is 4. The summed E-state index contributed by atoms with van der Waals surface area (Å²) < 4.78 is 8.36. The van der Waals surface area contributed by atoms with Crippen molar-refractivity contribution in [2.75, 3.05) is 5.32 Å². The van der Waals surface area contributed by atoms with Crippen LogP contribution in [0, 0.1) is 6.92 Å². The number of carbonyl (C=O) groups excluding carboxylic acids is 1. The quantitative estimate of drug-likeness (QED) is 0.383. The summed E-state index contributed by atoms with van der Waals surface area (Å²) in [5, 5.41) is 14.6. The second kappa shape index (κ2) is 10.5. The fraction of sp³-hybridized carbons (Fsp3) is 0.478. The van der Waals surface area contributed by atoms with Gasteiger partial charge in [-0.05, 0) is 52.2 Å². The molecular formula is C23H31N5O2S2. The van der Waals surface area contributed by atoms with E-state index in [1.807, 2.05) is 48.9 Å². The number of rotatable bonds is 9. The number of benzene rings is 1. The molecule has 2 atom stereocenters. The summed E-state index contributed by atoms with van der Waals surface area (Å²) in [5.74, 6) is 1.84. The molecule has 2 aromatic heterocycles. The van der Waals surface area contributed by atoms with Crippen molar-refractivity contribution in [3.8, 4) is 5.75 Å². The van der Waals surface area contributed by atoms with Gasteiger partial charge in [-0.3, -0.25) is 4.79 Å². The molecule has 1 aromatic carbocycles. The van der Waals surface area contributed by atoms with Crippen LogP contribution in [0.2, 0.25) is 0 Å². The second-order valence-electron chi connectivity index (χ2n) is 8.30. The van der Waals surface area contributed by atoms with Crippen LogP contribution in [0.3, 0.4) is 0 Å². The van der Waals surface area contributed by atoms with E-state index in [9.17, 15) is 4.79 Å². The highest BCUT2D eigenvalue weighted by atomic mass is 32.2. The molecule has 0 fully saturated rings. The molecular weight excluding hydrogens is 442 g/mol.